The van der Waals surface area contributed by atoms with E-state index in [1.54, 1.807) is 37.5 Å². The molecule has 0 fully saturated rings. The average molecular weight is 400 g/mol. The first-order chi connectivity index (χ1) is 14.5. The molecule has 0 bridgehead atoms. The van der Waals surface area contributed by atoms with Crippen LogP contribution in [0.4, 0.5) is 5.69 Å². The van der Waals surface area contributed by atoms with Gasteiger partial charge in [0, 0.05) is 12.1 Å². The Bertz CT molecular complexity index is 1110. The van der Waals surface area contributed by atoms with Gasteiger partial charge in [-0.3, -0.25) is 10.1 Å². The number of benzene rings is 3. The van der Waals surface area contributed by atoms with Gasteiger partial charge in [0.05, 0.1) is 23.7 Å². The van der Waals surface area contributed by atoms with Gasteiger partial charge in [-0.05, 0) is 54.0 Å². The highest BCUT2D eigenvalue weighted by molar-refractivity contribution is 5.90. The Hall–Kier alpha value is -4.11. The van der Waals surface area contributed by atoms with E-state index in [0.29, 0.717) is 29.2 Å². The quantitative estimate of drug-likeness (QED) is 0.224. The van der Waals surface area contributed by atoms with Crippen LogP contribution in [0.25, 0.3) is 11.6 Å². The number of hydrogen-bond donors (Lipinski definition) is 0. The maximum absolute atomic E-state index is 10.8. The maximum atomic E-state index is 10.8. The van der Waals surface area contributed by atoms with Crippen molar-refractivity contribution in [2.45, 2.75) is 13.5 Å². The monoisotopic (exact) mass is 400 g/mol. The summed E-state index contributed by atoms with van der Waals surface area (Å²) in [4.78, 5) is 10.3. The second-order valence-corrected chi connectivity index (χ2v) is 6.66. The predicted octanol–water partition coefficient (Wildman–Crippen LogP) is 5.56. The molecule has 3 aromatic rings. The minimum atomic E-state index is -0.472. The molecule has 0 aliphatic heterocycles. The minimum absolute atomic E-state index is 0.0206. The van der Waals surface area contributed by atoms with Crippen molar-refractivity contribution in [3.63, 3.8) is 0 Å². The summed E-state index contributed by atoms with van der Waals surface area (Å²) in [6, 6.07) is 21.5. The van der Waals surface area contributed by atoms with E-state index in [4.69, 9.17) is 9.47 Å². The van der Waals surface area contributed by atoms with Crippen LogP contribution in [0.15, 0.2) is 66.7 Å². The van der Waals surface area contributed by atoms with Crippen LogP contribution in [0.5, 0.6) is 11.5 Å². The molecule has 0 radical (unpaired) electrons. The topological polar surface area (TPSA) is 85.4 Å². The van der Waals surface area contributed by atoms with E-state index in [-0.39, 0.29) is 5.69 Å². The summed E-state index contributed by atoms with van der Waals surface area (Å²) in [7, 11) is 1.56. The predicted molar refractivity (Wildman–Crippen MR) is 115 cm³/mol. The number of methoxy groups -OCH3 is 1. The molecule has 0 unspecified atom stereocenters. The maximum Gasteiger partial charge on any atom is 0.269 e. The summed E-state index contributed by atoms with van der Waals surface area (Å²) in [5.74, 6) is 1.15. The van der Waals surface area contributed by atoms with Crippen LogP contribution >= 0.6 is 0 Å². The second kappa shape index (κ2) is 9.39. The van der Waals surface area contributed by atoms with Crippen LogP contribution in [0.1, 0.15) is 22.3 Å². The number of non-ortho nitro benzene ring substituents is 1. The molecular formula is C24H20N2O4. The fourth-order valence-electron chi connectivity index (χ4n) is 2.85. The number of aryl methyl sites for hydroxylation is 1. The number of nitro groups is 1. The highest BCUT2D eigenvalue weighted by Gasteiger charge is 2.09. The molecular weight excluding hydrogens is 380 g/mol. The molecule has 150 valence electrons. The Balaban J connectivity index is 1.80. The molecule has 0 aliphatic carbocycles. The first-order valence-electron chi connectivity index (χ1n) is 9.23. The number of nitrogens with zero attached hydrogens (tertiary/aromatic N) is 2. The zero-order chi connectivity index (χ0) is 21.5. The van der Waals surface area contributed by atoms with Crippen molar-refractivity contribution < 1.29 is 14.4 Å². The van der Waals surface area contributed by atoms with Gasteiger partial charge in [0.25, 0.3) is 5.69 Å². The molecule has 0 aliphatic rings. The molecule has 3 aromatic carbocycles. The molecule has 0 saturated heterocycles. The SMILES string of the molecule is COc1cc(/C=C(/C#N)c2ccc([N+](=O)[O-])cc2)ccc1OCc1ccc(C)cc1. The van der Waals surface area contributed by atoms with Crippen LogP contribution in [-0.4, -0.2) is 12.0 Å². The van der Waals surface area contributed by atoms with Crippen molar-refractivity contribution in [1.82, 2.24) is 0 Å². The third kappa shape index (κ3) is 5.03. The lowest BCUT2D eigenvalue weighted by Crippen LogP contribution is -1.98. The standard InChI is InChI=1S/C24H20N2O4/c1-17-3-5-18(6-4-17)16-30-23-12-7-19(14-24(23)29-2)13-21(15-25)20-8-10-22(11-9-20)26(27)28/h3-14H,16H2,1-2H3/b21-13-. The lowest BCUT2D eigenvalue weighted by atomic mass is 10.0. The third-order valence-corrected chi connectivity index (χ3v) is 4.52. The number of nitro benzene ring substituents is 1. The zero-order valence-corrected chi connectivity index (χ0v) is 16.7. The van der Waals surface area contributed by atoms with Crippen molar-refractivity contribution in [2.24, 2.45) is 0 Å². The van der Waals surface area contributed by atoms with Gasteiger partial charge >= 0.3 is 0 Å². The van der Waals surface area contributed by atoms with Gasteiger partial charge in [0.1, 0.15) is 6.61 Å². The molecule has 0 heterocycles. The Morgan fingerprint density at radius 2 is 1.77 bits per heavy atom. The summed E-state index contributed by atoms with van der Waals surface area (Å²) < 4.78 is 11.3. The summed E-state index contributed by atoms with van der Waals surface area (Å²) in [6.45, 7) is 2.45. The normalized spacial score (nSPS) is 10.9. The molecule has 6 nitrogen and oxygen atoms in total. The van der Waals surface area contributed by atoms with E-state index in [1.807, 2.05) is 37.3 Å². The van der Waals surface area contributed by atoms with E-state index in [9.17, 15) is 15.4 Å². The fourth-order valence-corrected chi connectivity index (χ4v) is 2.85. The largest absolute Gasteiger partial charge is 0.493 e. The van der Waals surface area contributed by atoms with E-state index < -0.39 is 4.92 Å². The Labute approximate surface area is 174 Å². The lowest BCUT2D eigenvalue weighted by molar-refractivity contribution is -0.384. The molecule has 3 rings (SSSR count). The highest BCUT2D eigenvalue weighted by atomic mass is 16.6. The van der Waals surface area contributed by atoms with Crippen LogP contribution in [-0.2, 0) is 6.61 Å². The number of ether oxygens (including phenoxy) is 2. The summed E-state index contributed by atoms with van der Waals surface area (Å²) >= 11 is 0. The first-order valence-corrected chi connectivity index (χ1v) is 9.23. The van der Waals surface area contributed by atoms with Crippen molar-refractivity contribution in [3.8, 4) is 17.6 Å². The number of nitriles is 1. The van der Waals surface area contributed by atoms with E-state index in [0.717, 1.165) is 11.1 Å². The van der Waals surface area contributed by atoms with Gasteiger partial charge in [-0.1, -0.05) is 35.9 Å². The Morgan fingerprint density at radius 1 is 1.07 bits per heavy atom. The number of rotatable bonds is 7. The molecule has 0 N–H and O–H groups in total. The van der Waals surface area contributed by atoms with Crippen molar-refractivity contribution >= 4 is 17.3 Å². The number of hydrogen-bond acceptors (Lipinski definition) is 5. The minimum Gasteiger partial charge on any atom is -0.493 e. The summed E-state index contributed by atoms with van der Waals surface area (Å²) in [5.41, 5.74) is 3.96. The van der Waals surface area contributed by atoms with Crippen molar-refractivity contribution in [1.29, 1.82) is 5.26 Å². The Kier molecular flexibility index (Phi) is 6.46. The third-order valence-electron chi connectivity index (χ3n) is 4.52. The molecule has 6 heteroatoms. The van der Waals surface area contributed by atoms with E-state index >= 15 is 0 Å². The van der Waals surface area contributed by atoms with Crippen LogP contribution in [0, 0.1) is 28.4 Å². The van der Waals surface area contributed by atoms with Crippen LogP contribution in [0.3, 0.4) is 0 Å². The summed E-state index contributed by atoms with van der Waals surface area (Å²) in [5, 5.41) is 20.3. The van der Waals surface area contributed by atoms with Crippen LogP contribution in [0.2, 0.25) is 0 Å². The molecule has 0 atom stereocenters. The zero-order valence-electron chi connectivity index (χ0n) is 16.7. The van der Waals surface area contributed by atoms with Crippen LogP contribution < -0.4 is 9.47 Å². The highest BCUT2D eigenvalue weighted by Crippen LogP contribution is 2.30. The van der Waals surface area contributed by atoms with E-state index in [1.165, 1.54) is 17.7 Å². The molecule has 0 spiro atoms. The molecule has 30 heavy (non-hydrogen) atoms. The van der Waals surface area contributed by atoms with Gasteiger partial charge in [0.15, 0.2) is 11.5 Å². The van der Waals surface area contributed by atoms with Gasteiger partial charge in [-0.2, -0.15) is 5.26 Å². The average Bonchev–Trinajstić information content (AvgIpc) is 2.77. The number of allylic oxidation sites excluding steroid dienone is 1. The lowest BCUT2D eigenvalue weighted by Gasteiger charge is -2.12. The molecule has 0 amide bonds. The van der Waals surface area contributed by atoms with E-state index in [2.05, 4.69) is 6.07 Å². The van der Waals surface area contributed by atoms with Crippen molar-refractivity contribution in [3.05, 3.63) is 99.1 Å². The first kappa shape index (κ1) is 20.6. The molecule has 0 aromatic heterocycles. The summed E-state index contributed by atoms with van der Waals surface area (Å²) in [6.07, 6.45) is 1.70. The fraction of sp³-hybridized carbons (Fsp3) is 0.125. The van der Waals surface area contributed by atoms with Gasteiger partial charge < -0.3 is 9.47 Å². The molecule has 0 saturated carbocycles. The Morgan fingerprint density at radius 3 is 2.37 bits per heavy atom. The van der Waals surface area contributed by atoms with Crippen molar-refractivity contribution in [2.75, 3.05) is 7.11 Å². The smallest absolute Gasteiger partial charge is 0.269 e. The van der Waals surface area contributed by atoms with Gasteiger partial charge in [-0.25, -0.2) is 0 Å². The second-order valence-electron chi connectivity index (χ2n) is 6.66. The van der Waals surface area contributed by atoms with Gasteiger partial charge in [0.2, 0.25) is 0 Å². The van der Waals surface area contributed by atoms with Gasteiger partial charge in [-0.15, -0.1) is 0 Å².